The van der Waals surface area contributed by atoms with Crippen LogP contribution < -0.4 is 10.6 Å². The highest BCUT2D eigenvalue weighted by atomic mass is 16.6. The van der Waals surface area contributed by atoms with E-state index in [1.54, 1.807) is 6.07 Å². The topological polar surface area (TPSA) is 115 Å². The third-order valence-corrected chi connectivity index (χ3v) is 4.96. The van der Waals surface area contributed by atoms with E-state index in [4.69, 9.17) is 10.5 Å². The van der Waals surface area contributed by atoms with Gasteiger partial charge in [0.15, 0.2) is 0 Å². The largest absolute Gasteiger partial charge is 0.444 e. The predicted octanol–water partition coefficient (Wildman–Crippen LogP) is 2.55. The summed E-state index contributed by atoms with van der Waals surface area (Å²) >= 11 is 0. The number of carbonyl (C=O) groups excluding carboxylic acids is 1. The van der Waals surface area contributed by atoms with Gasteiger partial charge in [-0.2, -0.15) is 0 Å². The van der Waals surface area contributed by atoms with E-state index >= 15 is 0 Å². The first-order chi connectivity index (χ1) is 12.1. The summed E-state index contributed by atoms with van der Waals surface area (Å²) in [5, 5.41) is 10.9. The summed E-state index contributed by atoms with van der Waals surface area (Å²) in [4.78, 5) is 31.1. The van der Waals surface area contributed by atoms with Crippen molar-refractivity contribution < 1.29 is 14.5 Å². The van der Waals surface area contributed by atoms with Gasteiger partial charge >= 0.3 is 11.8 Å². The standard InChI is InChI=1S/C17H25N5O4/c1-16(2,3)26-15(23)21-10-9-20(11-17(21)7-4-8-17)13-6-5-12(22(24)25)14(18)19-13/h5-6H,4,7-11H2,1-3H3,(H2,18,19). The van der Waals surface area contributed by atoms with Crippen LogP contribution in [0.5, 0.6) is 0 Å². The minimum atomic E-state index is -0.542. The average Bonchev–Trinajstić information content (AvgIpc) is 2.50. The zero-order valence-corrected chi connectivity index (χ0v) is 15.4. The average molecular weight is 363 g/mol. The van der Waals surface area contributed by atoms with Crippen LogP contribution >= 0.6 is 0 Å². The van der Waals surface area contributed by atoms with Crippen molar-refractivity contribution in [1.29, 1.82) is 0 Å². The van der Waals surface area contributed by atoms with E-state index in [0.29, 0.717) is 25.5 Å². The molecule has 1 saturated heterocycles. The first-order valence-corrected chi connectivity index (χ1v) is 8.78. The number of aromatic nitrogens is 1. The molecule has 0 bridgehead atoms. The van der Waals surface area contributed by atoms with Gasteiger partial charge in [-0.05, 0) is 46.1 Å². The van der Waals surface area contributed by atoms with Crippen molar-refractivity contribution in [1.82, 2.24) is 9.88 Å². The van der Waals surface area contributed by atoms with Gasteiger partial charge in [-0.25, -0.2) is 9.78 Å². The molecule has 1 saturated carbocycles. The van der Waals surface area contributed by atoms with Gasteiger partial charge in [0.05, 0.1) is 10.5 Å². The second-order valence-electron chi connectivity index (χ2n) is 7.96. The van der Waals surface area contributed by atoms with E-state index < -0.39 is 10.5 Å². The van der Waals surface area contributed by atoms with Crippen LogP contribution in [-0.4, -0.2) is 51.7 Å². The van der Waals surface area contributed by atoms with E-state index in [0.717, 1.165) is 19.3 Å². The SMILES string of the molecule is CC(C)(C)OC(=O)N1CCN(c2ccc([N+](=O)[O-])c(N)n2)CC12CCC2. The fourth-order valence-electron chi connectivity index (χ4n) is 3.58. The number of nitrogens with two attached hydrogens (primary N) is 1. The van der Waals surface area contributed by atoms with Crippen LogP contribution in [0.1, 0.15) is 40.0 Å². The number of nitrogen functional groups attached to an aromatic ring is 1. The molecule has 1 spiro atoms. The lowest BCUT2D eigenvalue weighted by atomic mass is 9.74. The van der Waals surface area contributed by atoms with Gasteiger partial charge < -0.3 is 15.4 Å². The monoisotopic (exact) mass is 363 g/mol. The van der Waals surface area contributed by atoms with E-state index in [-0.39, 0.29) is 23.1 Å². The van der Waals surface area contributed by atoms with Crippen molar-refractivity contribution >= 4 is 23.4 Å². The van der Waals surface area contributed by atoms with Crippen LogP contribution in [0.2, 0.25) is 0 Å². The Morgan fingerprint density at radius 2 is 2.04 bits per heavy atom. The van der Waals surface area contributed by atoms with Gasteiger partial charge in [0.2, 0.25) is 5.82 Å². The highest BCUT2D eigenvalue weighted by Crippen LogP contribution is 2.42. The third kappa shape index (κ3) is 3.38. The molecule has 9 nitrogen and oxygen atoms in total. The van der Waals surface area contributed by atoms with Crippen molar-refractivity contribution in [2.24, 2.45) is 0 Å². The summed E-state index contributed by atoms with van der Waals surface area (Å²) in [7, 11) is 0. The molecule has 0 atom stereocenters. The van der Waals surface area contributed by atoms with Crippen LogP contribution in [0.3, 0.4) is 0 Å². The summed E-state index contributed by atoms with van der Waals surface area (Å²) < 4.78 is 5.57. The van der Waals surface area contributed by atoms with Gasteiger partial charge in [-0.15, -0.1) is 0 Å². The summed E-state index contributed by atoms with van der Waals surface area (Å²) in [5.41, 5.74) is 4.73. The Morgan fingerprint density at radius 3 is 2.54 bits per heavy atom. The second-order valence-corrected chi connectivity index (χ2v) is 7.96. The zero-order chi connectivity index (χ0) is 19.1. The van der Waals surface area contributed by atoms with Crippen LogP contribution in [0, 0.1) is 10.1 Å². The predicted molar refractivity (Wildman–Crippen MR) is 97.0 cm³/mol. The minimum absolute atomic E-state index is 0.0928. The smallest absolute Gasteiger partial charge is 0.410 e. The van der Waals surface area contributed by atoms with Crippen molar-refractivity contribution in [2.75, 3.05) is 30.3 Å². The molecular formula is C17H25N5O4. The fourth-order valence-corrected chi connectivity index (χ4v) is 3.58. The molecule has 1 aromatic rings. The van der Waals surface area contributed by atoms with Crippen LogP contribution in [0.4, 0.5) is 22.1 Å². The van der Waals surface area contributed by atoms with Crippen molar-refractivity contribution in [3.8, 4) is 0 Å². The molecule has 2 N–H and O–H groups in total. The molecule has 1 amide bonds. The lowest BCUT2D eigenvalue weighted by molar-refractivity contribution is -0.384. The Kier molecular flexibility index (Phi) is 4.41. The number of carbonyl (C=O) groups is 1. The molecule has 1 aromatic heterocycles. The van der Waals surface area contributed by atoms with Crippen LogP contribution in [0.15, 0.2) is 12.1 Å². The highest BCUT2D eigenvalue weighted by Gasteiger charge is 2.49. The number of nitrogens with zero attached hydrogens (tertiary/aromatic N) is 4. The molecule has 0 aromatic carbocycles. The maximum absolute atomic E-state index is 12.6. The molecule has 142 valence electrons. The molecule has 9 heteroatoms. The summed E-state index contributed by atoms with van der Waals surface area (Å²) in [6.45, 7) is 7.30. The van der Waals surface area contributed by atoms with Gasteiger partial charge in [0.25, 0.3) is 0 Å². The molecule has 1 aliphatic carbocycles. The third-order valence-electron chi connectivity index (χ3n) is 4.96. The molecule has 1 aliphatic heterocycles. The van der Waals surface area contributed by atoms with E-state index in [9.17, 15) is 14.9 Å². The maximum atomic E-state index is 12.6. The first kappa shape index (κ1) is 18.2. The Balaban J connectivity index is 1.78. The quantitative estimate of drug-likeness (QED) is 0.634. The number of anilines is 2. The van der Waals surface area contributed by atoms with Gasteiger partial charge in [-0.3, -0.25) is 15.0 Å². The molecule has 26 heavy (non-hydrogen) atoms. The Bertz CT molecular complexity index is 726. The zero-order valence-electron chi connectivity index (χ0n) is 15.4. The van der Waals surface area contributed by atoms with E-state index in [1.165, 1.54) is 6.07 Å². The summed E-state index contributed by atoms with van der Waals surface area (Å²) in [6, 6.07) is 3.00. The molecular weight excluding hydrogens is 338 g/mol. The van der Waals surface area contributed by atoms with Crippen molar-refractivity contribution in [3.05, 3.63) is 22.2 Å². The highest BCUT2D eigenvalue weighted by molar-refractivity contribution is 5.70. The lowest BCUT2D eigenvalue weighted by Gasteiger charge is -2.55. The normalized spacial score (nSPS) is 19.2. The van der Waals surface area contributed by atoms with Crippen molar-refractivity contribution in [3.63, 3.8) is 0 Å². The number of piperazine rings is 1. The lowest BCUT2D eigenvalue weighted by Crippen LogP contribution is -2.67. The molecule has 0 radical (unpaired) electrons. The number of rotatable bonds is 2. The van der Waals surface area contributed by atoms with Crippen LogP contribution in [-0.2, 0) is 4.74 Å². The molecule has 0 unspecified atom stereocenters. The summed E-state index contributed by atoms with van der Waals surface area (Å²) in [5.74, 6) is 0.507. The number of hydrogen-bond donors (Lipinski definition) is 1. The second kappa shape index (κ2) is 6.30. The molecule has 2 fully saturated rings. The Hall–Kier alpha value is -2.58. The summed E-state index contributed by atoms with van der Waals surface area (Å²) in [6.07, 6.45) is 2.59. The molecule has 2 aliphatic rings. The maximum Gasteiger partial charge on any atom is 0.410 e. The first-order valence-electron chi connectivity index (χ1n) is 8.78. The molecule has 2 heterocycles. The van der Waals surface area contributed by atoms with E-state index in [1.807, 2.05) is 30.6 Å². The van der Waals surface area contributed by atoms with E-state index in [2.05, 4.69) is 4.98 Å². The Morgan fingerprint density at radius 1 is 1.35 bits per heavy atom. The number of ether oxygens (including phenoxy) is 1. The Labute approximate surface area is 152 Å². The number of pyridine rings is 1. The molecule has 3 rings (SSSR count). The van der Waals surface area contributed by atoms with Gasteiger partial charge in [0.1, 0.15) is 11.4 Å². The van der Waals surface area contributed by atoms with Crippen molar-refractivity contribution in [2.45, 2.75) is 51.2 Å². The van der Waals surface area contributed by atoms with Gasteiger partial charge in [-0.1, -0.05) is 0 Å². The number of amides is 1. The fraction of sp³-hybridized carbons (Fsp3) is 0.647. The van der Waals surface area contributed by atoms with Crippen LogP contribution in [0.25, 0.3) is 0 Å². The van der Waals surface area contributed by atoms with Gasteiger partial charge in [0, 0.05) is 25.7 Å². The number of nitro groups is 1. The number of hydrogen-bond acceptors (Lipinski definition) is 7. The minimum Gasteiger partial charge on any atom is -0.444 e.